The zero-order chi connectivity index (χ0) is 25.5. The summed E-state index contributed by atoms with van der Waals surface area (Å²) in [5, 5.41) is 2.96. The number of carbonyl (C=O) groups is 1. The van der Waals surface area contributed by atoms with E-state index >= 15 is 0 Å². The van der Waals surface area contributed by atoms with Crippen molar-refractivity contribution in [2.75, 3.05) is 41.4 Å². The minimum atomic E-state index is -3.52. The Morgan fingerprint density at radius 1 is 1.20 bits per heavy atom. The lowest BCUT2D eigenvalue weighted by Gasteiger charge is -2.40. The molecule has 1 fully saturated rings. The normalized spacial score (nSPS) is 14.9. The highest BCUT2D eigenvalue weighted by molar-refractivity contribution is 7.92. The predicted octanol–water partition coefficient (Wildman–Crippen LogP) is 4.86. The lowest BCUT2D eigenvalue weighted by molar-refractivity contribution is -0.0263. The monoisotopic (exact) mass is 542 g/mol. The second kappa shape index (κ2) is 9.25. The molecule has 1 amide bonds. The lowest BCUT2D eigenvalue weighted by Crippen LogP contribution is -2.56. The standard InChI is InChI=1S/C22H21ClF2N4O4S2/c1-12-17(20-18(33-2)7-16(9-26-20)29-10-22(24,25)11-29)8-19(34-12)21(30)27-14-4-13(23)5-15(6-14)28-35(3,31)32/h4-9,28H,10-11H2,1-3H3,(H,27,30). The number of hydrogen-bond donors (Lipinski definition) is 2. The van der Waals surface area contributed by atoms with Gasteiger partial charge in [0.15, 0.2) is 0 Å². The van der Waals surface area contributed by atoms with E-state index < -0.39 is 21.9 Å². The van der Waals surface area contributed by atoms with Gasteiger partial charge in [0, 0.05) is 27.2 Å². The smallest absolute Gasteiger partial charge is 0.282 e. The topological polar surface area (TPSA) is 101 Å². The summed E-state index contributed by atoms with van der Waals surface area (Å²) in [6.07, 6.45) is 2.52. The fourth-order valence-electron chi connectivity index (χ4n) is 3.62. The van der Waals surface area contributed by atoms with Gasteiger partial charge in [0.2, 0.25) is 10.0 Å². The van der Waals surface area contributed by atoms with Crippen molar-refractivity contribution < 1.29 is 26.7 Å². The molecule has 1 aliphatic heterocycles. The number of aromatic nitrogens is 1. The molecule has 35 heavy (non-hydrogen) atoms. The molecule has 0 spiro atoms. The van der Waals surface area contributed by atoms with Gasteiger partial charge >= 0.3 is 0 Å². The molecule has 0 atom stereocenters. The summed E-state index contributed by atoms with van der Waals surface area (Å²) in [5.74, 6) is -2.73. The van der Waals surface area contributed by atoms with Crippen molar-refractivity contribution in [3.8, 4) is 17.0 Å². The number of nitrogens with zero attached hydrogens (tertiary/aromatic N) is 2. The number of sulfonamides is 1. The molecule has 0 unspecified atom stereocenters. The molecule has 8 nitrogen and oxygen atoms in total. The Morgan fingerprint density at radius 2 is 1.89 bits per heavy atom. The van der Waals surface area contributed by atoms with Crippen molar-refractivity contribution >= 4 is 55.9 Å². The number of thiophene rings is 1. The second-order valence-electron chi connectivity index (χ2n) is 8.09. The van der Waals surface area contributed by atoms with Gasteiger partial charge in [-0.25, -0.2) is 17.2 Å². The van der Waals surface area contributed by atoms with Gasteiger partial charge in [-0.2, -0.15) is 0 Å². The minimum Gasteiger partial charge on any atom is -0.494 e. The van der Waals surface area contributed by atoms with Gasteiger partial charge in [-0.3, -0.25) is 14.5 Å². The number of amides is 1. The first-order valence-corrected chi connectivity index (χ1v) is 13.3. The molecule has 2 N–H and O–H groups in total. The molecule has 186 valence electrons. The van der Waals surface area contributed by atoms with E-state index in [1.807, 2.05) is 6.92 Å². The van der Waals surface area contributed by atoms with E-state index in [1.165, 1.54) is 47.7 Å². The predicted molar refractivity (Wildman–Crippen MR) is 134 cm³/mol. The first kappa shape index (κ1) is 25.1. The number of methoxy groups -OCH3 is 1. The van der Waals surface area contributed by atoms with E-state index in [0.717, 1.165) is 11.1 Å². The number of ether oxygens (including phenoxy) is 1. The number of nitrogens with one attached hydrogen (secondary N) is 2. The Kier molecular flexibility index (Phi) is 6.64. The van der Waals surface area contributed by atoms with E-state index in [2.05, 4.69) is 15.0 Å². The van der Waals surface area contributed by atoms with Crippen LogP contribution in [0.15, 0.2) is 36.5 Å². The molecule has 0 radical (unpaired) electrons. The van der Waals surface area contributed by atoms with Crippen molar-refractivity contribution in [1.82, 2.24) is 4.98 Å². The highest BCUT2D eigenvalue weighted by Gasteiger charge is 2.44. The first-order valence-electron chi connectivity index (χ1n) is 10.2. The van der Waals surface area contributed by atoms with E-state index in [0.29, 0.717) is 33.3 Å². The molecule has 0 bridgehead atoms. The summed E-state index contributed by atoms with van der Waals surface area (Å²) in [4.78, 5) is 20.0. The maximum Gasteiger partial charge on any atom is 0.282 e. The molecule has 0 aliphatic carbocycles. The molecule has 4 rings (SSSR count). The Balaban J connectivity index is 1.57. The molecule has 1 aliphatic rings. The summed E-state index contributed by atoms with van der Waals surface area (Å²) >= 11 is 7.30. The van der Waals surface area contributed by atoms with Crippen molar-refractivity contribution in [3.63, 3.8) is 0 Å². The average molecular weight is 543 g/mol. The minimum absolute atomic E-state index is 0.215. The zero-order valence-corrected chi connectivity index (χ0v) is 21.2. The van der Waals surface area contributed by atoms with Crippen LogP contribution in [0.2, 0.25) is 5.02 Å². The first-order chi connectivity index (χ1) is 16.3. The fraction of sp³-hybridized carbons (Fsp3) is 0.273. The maximum absolute atomic E-state index is 13.2. The molecule has 3 aromatic rings. The quantitative estimate of drug-likeness (QED) is 0.442. The lowest BCUT2D eigenvalue weighted by atomic mass is 10.1. The van der Waals surface area contributed by atoms with Crippen LogP contribution in [0.1, 0.15) is 14.5 Å². The van der Waals surface area contributed by atoms with Crippen molar-refractivity contribution in [1.29, 1.82) is 0 Å². The number of anilines is 3. The van der Waals surface area contributed by atoms with Gasteiger partial charge in [-0.05, 0) is 31.2 Å². The number of pyridine rings is 1. The number of rotatable bonds is 7. The zero-order valence-electron chi connectivity index (χ0n) is 18.9. The summed E-state index contributed by atoms with van der Waals surface area (Å²) in [7, 11) is -2.06. The molecule has 3 heterocycles. The van der Waals surface area contributed by atoms with E-state index in [4.69, 9.17) is 16.3 Å². The number of hydrogen-bond acceptors (Lipinski definition) is 7. The van der Waals surface area contributed by atoms with Gasteiger partial charge in [0.25, 0.3) is 11.8 Å². The summed E-state index contributed by atoms with van der Waals surface area (Å²) in [6.45, 7) is 1.09. The third-order valence-electron chi connectivity index (χ3n) is 5.12. The Hall–Kier alpha value is -2.96. The van der Waals surface area contributed by atoms with Crippen molar-refractivity contribution in [2.45, 2.75) is 12.8 Å². The highest BCUT2D eigenvalue weighted by Crippen LogP contribution is 2.39. The summed E-state index contributed by atoms with van der Waals surface area (Å²) in [6, 6.07) is 7.69. The maximum atomic E-state index is 13.2. The molecule has 13 heteroatoms. The van der Waals surface area contributed by atoms with Crippen LogP contribution in [-0.4, -0.2) is 51.7 Å². The van der Waals surface area contributed by atoms with E-state index in [9.17, 15) is 22.0 Å². The van der Waals surface area contributed by atoms with E-state index in [1.54, 1.807) is 12.1 Å². The third kappa shape index (κ3) is 5.82. The van der Waals surface area contributed by atoms with Crippen LogP contribution >= 0.6 is 22.9 Å². The van der Waals surface area contributed by atoms with Crippen LogP contribution in [-0.2, 0) is 10.0 Å². The van der Waals surface area contributed by atoms with E-state index in [-0.39, 0.29) is 23.8 Å². The van der Waals surface area contributed by atoms with Crippen LogP contribution < -0.4 is 19.7 Å². The Bertz CT molecular complexity index is 1400. The van der Waals surface area contributed by atoms with Crippen LogP contribution in [0.5, 0.6) is 5.75 Å². The number of benzene rings is 1. The fourth-order valence-corrected chi connectivity index (χ4v) is 5.31. The average Bonchev–Trinajstić information content (AvgIpc) is 3.11. The van der Waals surface area contributed by atoms with Gasteiger partial charge < -0.3 is 15.0 Å². The molecular weight excluding hydrogens is 522 g/mol. The van der Waals surface area contributed by atoms with Crippen molar-refractivity contribution in [2.24, 2.45) is 0 Å². The van der Waals surface area contributed by atoms with Crippen LogP contribution in [0.4, 0.5) is 25.8 Å². The molecule has 0 saturated carbocycles. The largest absolute Gasteiger partial charge is 0.494 e. The molecular formula is C22H21ClF2N4O4S2. The highest BCUT2D eigenvalue weighted by atomic mass is 35.5. The number of alkyl halides is 2. The van der Waals surface area contributed by atoms with Gasteiger partial charge in [0.1, 0.15) is 11.4 Å². The third-order valence-corrected chi connectivity index (χ3v) is 7.00. The second-order valence-corrected chi connectivity index (χ2v) is 11.5. The number of halogens is 3. The van der Waals surface area contributed by atoms with Crippen molar-refractivity contribution in [3.05, 3.63) is 51.3 Å². The molecule has 1 aromatic carbocycles. The number of aryl methyl sites for hydroxylation is 1. The van der Waals surface area contributed by atoms with Crippen LogP contribution in [0, 0.1) is 6.92 Å². The van der Waals surface area contributed by atoms with Gasteiger partial charge in [-0.1, -0.05) is 11.6 Å². The SMILES string of the molecule is COc1cc(N2CC(F)(F)C2)cnc1-c1cc(C(=O)Nc2cc(Cl)cc(NS(C)(=O)=O)c2)sc1C. The Labute approximate surface area is 209 Å². The van der Waals surface area contributed by atoms with Crippen LogP contribution in [0.3, 0.4) is 0 Å². The van der Waals surface area contributed by atoms with Gasteiger partial charge in [0.05, 0.1) is 48.9 Å². The summed E-state index contributed by atoms with van der Waals surface area (Å²) < 4.78 is 57.3. The number of carbonyl (C=O) groups excluding carboxylic acids is 1. The van der Waals surface area contributed by atoms with Crippen LogP contribution in [0.25, 0.3) is 11.3 Å². The Morgan fingerprint density at radius 3 is 2.51 bits per heavy atom. The summed E-state index contributed by atoms with van der Waals surface area (Å²) in [5.41, 5.74) is 2.21. The molecule has 1 saturated heterocycles. The molecule has 2 aromatic heterocycles. The van der Waals surface area contributed by atoms with Gasteiger partial charge in [-0.15, -0.1) is 11.3 Å².